The summed E-state index contributed by atoms with van der Waals surface area (Å²) < 4.78 is 16.0. The molecule has 4 aromatic rings. The molecule has 2 nitrogen and oxygen atoms in total. The van der Waals surface area contributed by atoms with Gasteiger partial charge in [-0.1, -0.05) is 66.2 Å². The Labute approximate surface area is 169 Å². The van der Waals surface area contributed by atoms with Crippen LogP contribution >= 0.6 is 11.6 Å². The van der Waals surface area contributed by atoms with Gasteiger partial charge in [0.05, 0.1) is 0 Å². The molecule has 1 aromatic heterocycles. The molecule has 0 atom stereocenters. The van der Waals surface area contributed by atoms with Crippen molar-refractivity contribution in [2.45, 2.75) is 19.5 Å². The lowest BCUT2D eigenvalue weighted by molar-refractivity contribution is 0.598. The van der Waals surface area contributed by atoms with Crippen molar-refractivity contribution in [1.82, 2.24) is 9.88 Å². The molecule has 0 unspecified atom stereocenters. The molecule has 0 aliphatic carbocycles. The van der Waals surface area contributed by atoms with Crippen molar-refractivity contribution >= 4 is 22.5 Å². The minimum absolute atomic E-state index is 0.138. The largest absolute Gasteiger partial charge is 0.343 e. The topological polar surface area (TPSA) is 17.0 Å². The summed E-state index contributed by atoms with van der Waals surface area (Å²) in [7, 11) is 0. The highest BCUT2D eigenvalue weighted by molar-refractivity contribution is 6.31. The van der Waals surface area contributed by atoms with Crippen LogP contribution < -0.4 is 5.32 Å². The van der Waals surface area contributed by atoms with Crippen molar-refractivity contribution < 1.29 is 4.39 Å². The monoisotopic (exact) mass is 392 g/mol. The van der Waals surface area contributed by atoms with Crippen LogP contribution in [-0.4, -0.2) is 11.1 Å². The first-order valence-corrected chi connectivity index (χ1v) is 9.84. The first kappa shape index (κ1) is 18.7. The molecule has 28 heavy (non-hydrogen) atoms. The van der Waals surface area contributed by atoms with Crippen LogP contribution in [0.25, 0.3) is 10.9 Å². The number of aromatic nitrogens is 1. The zero-order chi connectivity index (χ0) is 19.3. The van der Waals surface area contributed by atoms with Crippen LogP contribution in [0.2, 0.25) is 5.02 Å². The predicted octanol–water partition coefficient (Wildman–Crippen LogP) is 5.81. The quantitative estimate of drug-likeness (QED) is 0.392. The minimum Gasteiger partial charge on any atom is -0.343 e. The molecule has 0 amide bonds. The van der Waals surface area contributed by atoms with Crippen molar-refractivity contribution in [3.8, 4) is 0 Å². The fourth-order valence-corrected chi connectivity index (χ4v) is 3.75. The van der Waals surface area contributed by atoms with Gasteiger partial charge in [-0.05, 0) is 47.9 Å². The van der Waals surface area contributed by atoms with E-state index in [1.165, 1.54) is 22.5 Å². The van der Waals surface area contributed by atoms with E-state index >= 15 is 0 Å². The molecule has 4 heteroatoms. The molecule has 0 saturated carbocycles. The van der Waals surface area contributed by atoms with E-state index in [1.54, 1.807) is 6.07 Å². The summed E-state index contributed by atoms with van der Waals surface area (Å²) in [5, 5.41) is 5.46. The first-order valence-electron chi connectivity index (χ1n) is 9.46. The molecule has 0 fully saturated rings. The Balaban J connectivity index is 1.48. The van der Waals surface area contributed by atoms with Gasteiger partial charge in [0.25, 0.3) is 0 Å². The summed E-state index contributed by atoms with van der Waals surface area (Å²) in [6, 6.07) is 23.3. The fourth-order valence-electron chi connectivity index (χ4n) is 3.55. The number of hydrogen-bond donors (Lipinski definition) is 1. The number of para-hydroxylation sites is 1. The Morgan fingerprint density at radius 2 is 1.54 bits per heavy atom. The third kappa shape index (κ3) is 4.11. The number of hydrogen-bond acceptors (Lipinski definition) is 1. The molecule has 1 N–H and O–H groups in total. The number of benzene rings is 3. The Morgan fingerprint density at radius 3 is 2.36 bits per heavy atom. The second-order valence-electron chi connectivity index (χ2n) is 6.91. The van der Waals surface area contributed by atoms with Gasteiger partial charge in [-0.3, -0.25) is 0 Å². The van der Waals surface area contributed by atoms with Gasteiger partial charge in [0.2, 0.25) is 0 Å². The Morgan fingerprint density at radius 1 is 0.821 bits per heavy atom. The summed E-state index contributed by atoms with van der Waals surface area (Å²) >= 11 is 6.35. The highest BCUT2D eigenvalue weighted by Gasteiger charge is 2.10. The van der Waals surface area contributed by atoms with Crippen LogP contribution in [-0.2, 0) is 19.5 Å². The van der Waals surface area contributed by atoms with Crippen molar-refractivity contribution in [3.63, 3.8) is 0 Å². The summed E-state index contributed by atoms with van der Waals surface area (Å²) in [6.45, 7) is 2.20. The molecular weight excluding hydrogens is 371 g/mol. The molecule has 0 saturated heterocycles. The van der Waals surface area contributed by atoms with Crippen molar-refractivity contribution in [2.24, 2.45) is 0 Å². The van der Waals surface area contributed by atoms with Gasteiger partial charge in [0.15, 0.2) is 0 Å². The van der Waals surface area contributed by atoms with Gasteiger partial charge in [-0.15, -0.1) is 0 Å². The lowest BCUT2D eigenvalue weighted by Gasteiger charge is -2.07. The molecule has 0 aliphatic heterocycles. The zero-order valence-corrected chi connectivity index (χ0v) is 16.3. The van der Waals surface area contributed by atoms with Gasteiger partial charge in [0.1, 0.15) is 5.82 Å². The number of fused-ring (bicyclic) bond motifs is 1. The van der Waals surface area contributed by atoms with Crippen LogP contribution in [0.15, 0.2) is 79.0 Å². The number of rotatable bonds is 7. The molecule has 3 aromatic carbocycles. The van der Waals surface area contributed by atoms with Crippen molar-refractivity contribution in [3.05, 3.63) is 107 Å². The van der Waals surface area contributed by atoms with Gasteiger partial charge >= 0.3 is 0 Å². The molecule has 0 aliphatic rings. The van der Waals surface area contributed by atoms with Crippen LogP contribution in [0.5, 0.6) is 0 Å². The van der Waals surface area contributed by atoms with Crippen LogP contribution in [0.4, 0.5) is 4.39 Å². The average Bonchev–Trinajstić information content (AvgIpc) is 3.06. The summed E-state index contributed by atoms with van der Waals surface area (Å²) in [5.41, 5.74) is 4.27. The van der Waals surface area contributed by atoms with E-state index in [2.05, 4.69) is 46.4 Å². The Bertz CT molecular complexity index is 1090. The fraction of sp³-hybridized carbons (Fsp3) is 0.167. The highest BCUT2D eigenvalue weighted by atomic mass is 35.5. The van der Waals surface area contributed by atoms with Crippen LogP contribution in [0.1, 0.15) is 16.7 Å². The Kier molecular flexibility index (Phi) is 5.75. The molecule has 1 heterocycles. The molecule has 0 spiro atoms. The third-order valence-corrected chi connectivity index (χ3v) is 5.38. The summed E-state index contributed by atoms with van der Waals surface area (Å²) in [5.74, 6) is -0.138. The standard InChI is InChI=1S/C24H22ClFN2/c25-22-10-4-1-8-19(22)16-28-17-20(21-9-3-6-12-24(21)28)15-27-14-13-18-7-2-5-11-23(18)26/h1-12,17,27H,13-16H2. The lowest BCUT2D eigenvalue weighted by Crippen LogP contribution is -2.17. The van der Waals surface area contributed by atoms with E-state index in [0.717, 1.165) is 35.8 Å². The van der Waals surface area contributed by atoms with Gasteiger partial charge in [-0.2, -0.15) is 0 Å². The minimum atomic E-state index is -0.138. The molecule has 0 bridgehead atoms. The molecule has 142 valence electrons. The SMILES string of the molecule is Fc1ccccc1CCNCc1cn(Cc2ccccc2Cl)c2ccccc12. The number of nitrogens with zero attached hydrogens (tertiary/aromatic N) is 1. The molecule has 4 rings (SSSR count). The average molecular weight is 393 g/mol. The predicted molar refractivity (Wildman–Crippen MR) is 114 cm³/mol. The van der Waals surface area contributed by atoms with Crippen molar-refractivity contribution in [1.29, 1.82) is 0 Å². The van der Waals surface area contributed by atoms with Gasteiger partial charge in [-0.25, -0.2) is 4.39 Å². The highest BCUT2D eigenvalue weighted by Crippen LogP contribution is 2.24. The Hall–Kier alpha value is -2.62. The van der Waals surface area contributed by atoms with E-state index in [4.69, 9.17) is 11.6 Å². The van der Waals surface area contributed by atoms with Gasteiger partial charge < -0.3 is 9.88 Å². The number of halogens is 2. The van der Waals surface area contributed by atoms with E-state index in [9.17, 15) is 4.39 Å². The second-order valence-corrected chi connectivity index (χ2v) is 7.32. The van der Waals surface area contributed by atoms with E-state index in [1.807, 2.05) is 30.3 Å². The maximum atomic E-state index is 13.7. The lowest BCUT2D eigenvalue weighted by atomic mass is 10.1. The second kappa shape index (κ2) is 8.59. The first-order chi connectivity index (χ1) is 13.7. The maximum absolute atomic E-state index is 13.7. The number of nitrogens with one attached hydrogen (secondary N) is 1. The van der Waals surface area contributed by atoms with Crippen LogP contribution in [0.3, 0.4) is 0 Å². The maximum Gasteiger partial charge on any atom is 0.126 e. The van der Waals surface area contributed by atoms with E-state index < -0.39 is 0 Å². The third-order valence-electron chi connectivity index (χ3n) is 5.01. The smallest absolute Gasteiger partial charge is 0.126 e. The molecular formula is C24H22ClFN2. The normalized spacial score (nSPS) is 11.2. The van der Waals surface area contributed by atoms with Crippen LogP contribution in [0, 0.1) is 5.82 Å². The van der Waals surface area contributed by atoms with E-state index in [-0.39, 0.29) is 5.82 Å². The summed E-state index contributed by atoms with van der Waals surface area (Å²) in [4.78, 5) is 0. The molecule has 0 radical (unpaired) electrons. The summed E-state index contributed by atoms with van der Waals surface area (Å²) in [6.07, 6.45) is 2.86. The van der Waals surface area contributed by atoms with Gasteiger partial charge in [0, 0.05) is 35.2 Å². The zero-order valence-electron chi connectivity index (χ0n) is 15.5. The van der Waals surface area contributed by atoms with E-state index in [0.29, 0.717) is 6.42 Å². The van der Waals surface area contributed by atoms with Crippen molar-refractivity contribution in [2.75, 3.05) is 6.54 Å².